The number of nitrogen functional groups attached to an aromatic ring is 1. The third-order valence-corrected chi connectivity index (χ3v) is 3.02. The summed E-state index contributed by atoms with van der Waals surface area (Å²) in [6.45, 7) is 2.45. The van der Waals surface area contributed by atoms with E-state index in [4.69, 9.17) is 5.73 Å². The Morgan fingerprint density at radius 3 is 2.45 bits per heavy atom. The summed E-state index contributed by atoms with van der Waals surface area (Å²) in [5.41, 5.74) is 7.10. The molecule has 1 amide bonds. The van der Waals surface area contributed by atoms with Gasteiger partial charge in [0, 0.05) is 6.54 Å². The maximum Gasteiger partial charge on any atom is 0.261 e. The highest BCUT2D eigenvalue weighted by Gasteiger charge is 2.21. The fourth-order valence-electron chi connectivity index (χ4n) is 2.07. The zero-order chi connectivity index (χ0) is 14.5. The lowest BCUT2D eigenvalue weighted by Crippen LogP contribution is -2.32. The van der Waals surface area contributed by atoms with Gasteiger partial charge in [-0.25, -0.2) is 4.39 Å². The smallest absolute Gasteiger partial charge is 0.261 e. The molecule has 0 saturated carbocycles. The van der Waals surface area contributed by atoms with E-state index in [-0.39, 0.29) is 11.5 Å². The highest BCUT2D eigenvalue weighted by atomic mass is 19.1. The Labute approximate surface area is 117 Å². The van der Waals surface area contributed by atoms with E-state index in [1.54, 1.807) is 30.3 Å². The Morgan fingerprint density at radius 2 is 1.80 bits per heavy atom. The number of hydrogen-bond acceptors (Lipinski definition) is 2. The SMILES string of the molecule is CCCN(C(=O)c1ccccc1F)c1ccccc1N. The summed E-state index contributed by atoms with van der Waals surface area (Å²) >= 11 is 0. The van der Waals surface area contributed by atoms with E-state index < -0.39 is 5.82 Å². The third-order valence-electron chi connectivity index (χ3n) is 3.02. The van der Waals surface area contributed by atoms with Crippen LogP contribution in [-0.2, 0) is 0 Å². The molecule has 0 radical (unpaired) electrons. The van der Waals surface area contributed by atoms with Crippen molar-refractivity contribution in [3.63, 3.8) is 0 Å². The average molecular weight is 272 g/mol. The number of carbonyl (C=O) groups excluding carboxylic acids is 1. The first-order valence-corrected chi connectivity index (χ1v) is 6.56. The normalized spacial score (nSPS) is 10.3. The van der Waals surface area contributed by atoms with Gasteiger partial charge < -0.3 is 10.6 Å². The molecule has 20 heavy (non-hydrogen) atoms. The van der Waals surface area contributed by atoms with Gasteiger partial charge in [-0.1, -0.05) is 31.2 Å². The molecular formula is C16H17FN2O. The first kappa shape index (κ1) is 14.1. The van der Waals surface area contributed by atoms with Gasteiger partial charge in [-0.2, -0.15) is 0 Å². The zero-order valence-electron chi connectivity index (χ0n) is 11.3. The van der Waals surface area contributed by atoms with Crippen molar-refractivity contribution in [2.75, 3.05) is 17.2 Å². The molecule has 0 unspecified atom stereocenters. The predicted molar refractivity (Wildman–Crippen MR) is 79.2 cm³/mol. The monoisotopic (exact) mass is 272 g/mol. The summed E-state index contributed by atoms with van der Waals surface area (Å²) in [4.78, 5) is 14.1. The fraction of sp³-hybridized carbons (Fsp3) is 0.188. The van der Waals surface area contributed by atoms with Gasteiger partial charge in [0.25, 0.3) is 5.91 Å². The summed E-state index contributed by atoms with van der Waals surface area (Å²) < 4.78 is 13.8. The number of nitrogens with zero attached hydrogens (tertiary/aromatic N) is 1. The van der Waals surface area contributed by atoms with Gasteiger partial charge in [0.2, 0.25) is 0 Å². The second-order valence-electron chi connectivity index (χ2n) is 4.50. The van der Waals surface area contributed by atoms with Crippen LogP contribution in [-0.4, -0.2) is 12.5 Å². The summed E-state index contributed by atoms with van der Waals surface area (Å²) in [7, 11) is 0. The lowest BCUT2D eigenvalue weighted by Gasteiger charge is -2.24. The van der Waals surface area contributed by atoms with Crippen LogP contribution in [0.5, 0.6) is 0 Å². The number of hydrogen-bond donors (Lipinski definition) is 1. The first-order valence-electron chi connectivity index (χ1n) is 6.56. The maximum absolute atomic E-state index is 13.8. The van der Waals surface area contributed by atoms with Crippen LogP contribution in [0.1, 0.15) is 23.7 Å². The molecule has 0 atom stereocenters. The van der Waals surface area contributed by atoms with Crippen LogP contribution in [0, 0.1) is 5.82 Å². The van der Waals surface area contributed by atoms with Crippen LogP contribution < -0.4 is 10.6 Å². The molecule has 0 fully saturated rings. The summed E-state index contributed by atoms with van der Waals surface area (Å²) in [5, 5.41) is 0. The average Bonchev–Trinajstić information content (AvgIpc) is 2.46. The van der Waals surface area contributed by atoms with Crippen LogP contribution in [0.4, 0.5) is 15.8 Å². The molecule has 4 heteroatoms. The van der Waals surface area contributed by atoms with Crippen molar-refractivity contribution >= 4 is 17.3 Å². The lowest BCUT2D eigenvalue weighted by atomic mass is 10.1. The number of halogens is 1. The Hall–Kier alpha value is -2.36. The number of para-hydroxylation sites is 2. The number of nitrogens with two attached hydrogens (primary N) is 1. The van der Waals surface area contributed by atoms with E-state index >= 15 is 0 Å². The fourth-order valence-corrected chi connectivity index (χ4v) is 2.07. The standard InChI is InChI=1S/C16H17FN2O/c1-2-11-19(15-10-6-5-9-14(15)18)16(20)12-7-3-4-8-13(12)17/h3-10H,2,11,18H2,1H3. The molecule has 0 aromatic heterocycles. The van der Waals surface area contributed by atoms with Gasteiger partial charge >= 0.3 is 0 Å². The number of anilines is 2. The van der Waals surface area contributed by atoms with Crippen molar-refractivity contribution in [1.82, 2.24) is 0 Å². The molecular weight excluding hydrogens is 255 g/mol. The minimum absolute atomic E-state index is 0.0594. The van der Waals surface area contributed by atoms with E-state index in [9.17, 15) is 9.18 Å². The molecule has 0 saturated heterocycles. The molecule has 0 aliphatic rings. The van der Waals surface area contributed by atoms with Crippen molar-refractivity contribution in [2.24, 2.45) is 0 Å². The Balaban J connectivity index is 2.42. The van der Waals surface area contributed by atoms with E-state index in [1.165, 1.54) is 17.0 Å². The molecule has 2 N–H and O–H groups in total. The molecule has 104 valence electrons. The van der Waals surface area contributed by atoms with E-state index in [0.29, 0.717) is 17.9 Å². The molecule has 0 heterocycles. The van der Waals surface area contributed by atoms with Crippen molar-refractivity contribution in [3.8, 4) is 0 Å². The quantitative estimate of drug-likeness (QED) is 0.866. The van der Waals surface area contributed by atoms with Crippen molar-refractivity contribution in [3.05, 3.63) is 59.9 Å². The van der Waals surface area contributed by atoms with Crippen LogP contribution in [0.25, 0.3) is 0 Å². The minimum atomic E-state index is -0.520. The van der Waals surface area contributed by atoms with E-state index in [1.807, 2.05) is 13.0 Å². The minimum Gasteiger partial charge on any atom is -0.397 e. The molecule has 3 nitrogen and oxygen atoms in total. The molecule has 2 rings (SSSR count). The molecule has 0 aliphatic heterocycles. The van der Waals surface area contributed by atoms with E-state index in [0.717, 1.165) is 6.42 Å². The highest BCUT2D eigenvalue weighted by Crippen LogP contribution is 2.25. The Kier molecular flexibility index (Phi) is 4.35. The largest absolute Gasteiger partial charge is 0.397 e. The van der Waals surface area contributed by atoms with Gasteiger partial charge in [0.15, 0.2) is 0 Å². The van der Waals surface area contributed by atoms with Crippen LogP contribution >= 0.6 is 0 Å². The second kappa shape index (κ2) is 6.19. The summed E-state index contributed by atoms with van der Waals surface area (Å²) in [6.07, 6.45) is 0.758. The second-order valence-corrected chi connectivity index (χ2v) is 4.50. The van der Waals surface area contributed by atoms with E-state index in [2.05, 4.69) is 0 Å². The van der Waals surface area contributed by atoms with Gasteiger partial charge in [-0.05, 0) is 30.7 Å². The van der Waals surface area contributed by atoms with Crippen LogP contribution in [0.2, 0.25) is 0 Å². The lowest BCUT2D eigenvalue weighted by molar-refractivity contribution is 0.0983. The molecule has 2 aromatic carbocycles. The predicted octanol–water partition coefficient (Wildman–Crippen LogP) is 3.46. The van der Waals surface area contributed by atoms with Crippen molar-refractivity contribution in [2.45, 2.75) is 13.3 Å². The van der Waals surface area contributed by atoms with Gasteiger partial charge in [-0.15, -0.1) is 0 Å². The van der Waals surface area contributed by atoms with Gasteiger partial charge in [0.1, 0.15) is 5.82 Å². The van der Waals surface area contributed by atoms with Crippen molar-refractivity contribution < 1.29 is 9.18 Å². The van der Waals surface area contributed by atoms with Gasteiger partial charge in [0.05, 0.1) is 16.9 Å². The third kappa shape index (κ3) is 2.79. The Bertz CT molecular complexity index is 613. The first-order chi connectivity index (χ1) is 9.65. The van der Waals surface area contributed by atoms with Crippen molar-refractivity contribution in [1.29, 1.82) is 0 Å². The number of amides is 1. The topological polar surface area (TPSA) is 46.3 Å². The van der Waals surface area contributed by atoms with Gasteiger partial charge in [-0.3, -0.25) is 4.79 Å². The Morgan fingerprint density at radius 1 is 1.15 bits per heavy atom. The number of benzene rings is 2. The molecule has 0 aliphatic carbocycles. The zero-order valence-corrected chi connectivity index (χ0v) is 11.3. The maximum atomic E-state index is 13.8. The number of carbonyl (C=O) groups is 1. The highest BCUT2D eigenvalue weighted by molar-refractivity contribution is 6.07. The van der Waals surface area contributed by atoms with Crippen LogP contribution in [0.3, 0.4) is 0 Å². The molecule has 0 bridgehead atoms. The molecule has 0 spiro atoms. The van der Waals surface area contributed by atoms with Crippen LogP contribution in [0.15, 0.2) is 48.5 Å². The summed E-state index contributed by atoms with van der Waals surface area (Å²) in [6, 6.07) is 13.1. The summed E-state index contributed by atoms with van der Waals surface area (Å²) in [5.74, 6) is -0.893. The molecule has 2 aromatic rings. The number of rotatable bonds is 4.